The minimum Gasteiger partial charge on any atom is -0.492 e. The first-order valence-corrected chi connectivity index (χ1v) is 8.61. The average Bonchev–Trinajstić information content (AvgIpc) is 2.57. The number of nitrogens with zero attached hydrogens (tertiary/aromatic N) is 1. The van der Waals surface area contributed by atoms with Crippen molar-refractivity contribution in [2.75, 3.05) is 32.8 Å². The highest BCUT2D eigenvalue weighted by atomic mass is 16.5. The predicted octanol–water partition coefficient (Wildman–Crippen LogP) is 2.42. The maximum atomic E-state index is 9.12. The molecule has 0 aromatic heterocycles. The van der Waals surface area contributed by atoms with Crippen LogP contribution in [0.1, 0.15) is 33.1 Å². The molecule has 1 aromatic rings. The number of hydrogen-bond acceptors (Lipinski definition) is 3. The second-order valence-electron chi connectivity index (χ2n) is 5.47. The molecule has 0 heterocycles. The molecule has 5 heteroatoms. The van der Waals surface area contributed by atoms with Gasteiger partial charge in [-0.25, -0.2) is 0 Å². The summed E-state index contributed by atoms with van der Waals surface area (Å²) in [5, 5.41) is 15.6. The monoisotopic (exact) mass is 321 g/mol. The number of aliphatic imine (C=N–C) groups is 1. The van der Waals surface area contributed by atoms with Crippen molar-refractivity contribution in [3.63, 3.8) is 0 Å². The molecule has 1 aromatic carbocycles. The Bertz CT molecular complexity index is 418. The molecule has 0 aliphatic heterocycles. The summed E-state index contributed by atoms with van der Waals surface area (Å²) in [5.41, 5.74) is 0. The molecular formula is C18H31N3O2. The van der Waals surface area contributed by atoms with Crippen molar-refractivity contribution in [3.8, 4) is 5.75 Å². The van der Waals surface area contributed by atoms with Crippen molar-refractivity contribution in [1.82, 2.24) is 10.6 Å². The zero-order chi connectivity index (χ0) is 16.8. The van der Waals surface area contributed by atoms with Crippen molar-refractivity contribution < 1.29 is 9.84 Å². The van der Waals surface area contributed by atoms with Crippen molar-refractivity contribution in [1.29, 1.82) is 0 Å². The smallest absolute Gasteiger partial charge is 0.191 e. The van der Waals surface area contributed by atoms with Crippen LogP contribution in [0.5, 0.6) is 5.75 Å². The number of rotatable bonds is 11. The summed E-state index contributed by atoms with van der Waals surface area (Å²) in [6.07, 6.45) is 3.03. The highest BCUT2D eigenvalue weighted by Gasteiger charge is 2.07. The Hall–Kier alpha value is -1.75. The van der Waals surface area contributed by atoms with Gasteiger partial charge in [-0.3, -0.25) is 4.99 Å². The Labute approximate surface area is 140 Å². The first kappa shape index (κ1) is 19.3. The Balaban J connectivity index is 2.36. The van der Waals surface area contributed by atoms with Crippen LogP contribution in [0.15, 0.2) is 35.3 Å². The molecule has 5 nitrogen and oxygen atoms in total. The largest absolute Gasteiger partial charge is 0.492 e. The van der Waals surface area contributed by atoms with Gasteiger partial charge in [0.05, 0.1) is 6.54 Å². The Morgan fingerprint density at radius 2 is 1.96 bits per heavy atom. The van der Waals surface area contributed by atoms with Crippen molar-refractivity contribution >= 4 is 5.96 Å². The van der Waals surface area contributed by atoms with Gasteiger partial charge in [-0.2, -0.15) is 0 Å². The summed E-state index contributed by atoms with van der Waals surface area (Å²) >= 11 is 0. The van der Waals surface area contributed by atoms with E-state index < -0.39 is 0 Å². The molecule has 3 N–H and O–H groups in total. The van der Waals surface area contributed by atoms with E-state index in [-0.39, 0.29) is 6.61 Å². The molecule has 23 heavy (non-hydrogen) atoms. The fourth-order valence-corrected chi connectivity index (χ4v) is 2.33. The summed E-state index contributed by atoms with van der Waals surface area (Å²) in [6, 6.07) is 9.79. The molecule has 0 spiro atoms. The first-order valence-electron chi connectivity index (χ1n) is 8.61. The van der Waals surface area contributed by atoms with Crippen LogP contribution in [0.2, 0.25) is 0 Å². The standard InChI is InChI=1S/C18H31N3O2/c1-3-8-16(11-13-22)15-21-18(19-4-2)20-12-14-23-17-9-6-5-7-10-17/h5-7,9-10,16,22H,3-4,8,11-15H2,1-2H3,(H2,19,20,21). The van der Waals surface area contributed by atoms with Crippen molar-refractivity contribution in [2.24, 2.45) is 10.9 Å². The number of para-hydroxylation sites is 1. The molecule has 130 valence electrons. The van der Waals surface area contributed by atoms with Crippen molar-refractivity contribution in [2.45, 2.75) is 33.1 Å². The number of hydrogen-bond donors (Lipinski definition) is 3. The van der Waals surface area contributed by atoms with Crippen LogP contribution in [-0.2, 0) is 0 Å². The van der Waals surface area contributed by atoms with Crippen LogP contribution in [-0.4, -0.2) is 43.9 Å². The van der Waals surface area contributed by atoms with E-state index in [1.807, 2.05) is 30.3 Å². The lowest BCUT2D eigenvalue weighted by Gasteiger charge is -2.15. The second-order valence-corrected chi connectivity index (χ2v) is 5.47. The van der Waals surface area contributed by atoms with Gasteiger partial charge < -0.3 is 20.5 Å². The van der Waals surface area contributed by atoms with Gasteiger partial charge in [0.25, 0.3) is 0 Å². The first-order chi connectivity index (χ1) is 11.3. The SMILES string of the molecule is CCCC(CCO)CN=C(NCC)NCCOc1ccccc1. The molecule has 0 aliphatic carbocycles. The van der Waals surface area contributed by atoms with Gasteiger partial charge >= 0.3 is 0 Å². The number of nitrogens with one attached hydrogen (secondary N) is 2. The van der Waals surface area contributed by atoms with Crippen LogP contribution in [0.4, 0.5) is 0 Å². The molecular weight excluding hydrogens is 290 g/mol. The highest BCUT2D eigenvalue weighted by molar-refractivity contribution is 5.79. The molecule has 1 atom stereocenters. The summed E-state index contributed by atoms with van der Waals surface area (Å²) in [6.45, 7) is 7.29. The van der Waals surface area contributed by atoms with Gasteiger partial charge in [0.15, 0.2) is 5.96 Å². The Morgan fingerprint density at radius 3 is 2.61 bits per heavy atom. The summed E-state index contributed by atoms with van der Waals surface area (Å²) < 4.78 is 5.66. The van der Waals surface area contributed by atoms with E-state index in [0.717, 1.165) is 44.1 Å². The lowest BCUT2D eigenvalue weighted by atomic mass is 10.0. The second kappa shape index (κ2) is 12.8. The van der Waals surface area contributed by atoms with Crippen LogP contribution in [0.25, 0.3) is 0 Å². The van der Waals surface area contributed by atoms with Gasteiger partial charge in [-0.15, -0.1) is 0 Å². The molecule has 0 amide bonds. The minimum atomic E-state index is 0.231. The fourth-order valence-electron chi connectivity index (χ4n) is 2.33. The molecule has 0 aliphatic rings. The quantitative estimate of drug-likeness (QED) is 0.333. The van der Waals surface area contributed by atoms with Crippen LogP contribution >= 0.6 is 0 Å². The predicted molar refractivity (Wildman–Crippen MR) is 96.0 cm³/mol. The van der Waals surface area contributed by atoms with Gasteiger partial charge in [-0.05, 0) is 37.8 Å². The topological polar surface area (TPSA) is 65.9 Å². The fraction of sp³-hybridized carbons (Fsp3) is 0.611. The minimum absolute atomic E-state index is 0.231. The van der Waals surface area contributed by atoms with E-state index in [9.17, 15) is 0 Å². The molecule has 0 radical (unpaired) electrons. The van der Waals surface area contributed by atoms with E-state index in [1.165, 1.54) is 0 Å². The number of aliphatic hydroxyl groups is 1. The van der Waals surface area contributed by atoms with Crippen LogP contribution < -0.4 is 15.4 Å². The molecule has 0 saturated heterocycles. The lowest BCUT2D eigenvalue weighted by molar-refractivity contribution is 0.253. The van der Waals surface area contributed by atoms with E-state index in [2.05, 4.69) is 29.5 Å². The summed E-state index contributed by atoms with van der Waals surface area (Å²) in [7, 11) is 0. The van der Waals surface area contributed by atoms with Gasteiger partial charge in [0, 0.05) is 19.7 Å². The number of ether oxygens (including phenoxy) is 1. The van der Waals surface area contributed by atoms with Crippen LogP contribution in [0.3, 0.4) is 0 Å². The highest BCUT2D eigenvalue weighted by Crippen LogP contribution is 2.11. The van der Waals surface area contributed by atoms with Crippen molar-refractivity contribution in [3.05, 3.63) is 30.3 Å². The molecule has 0 saturated carbocycles. The zero-order valence-electron chi connectivity index (χ0n) is 14.4. The van der Waals surface area contributed by atoms with E-state index in [0.29, 0.717) is 19.1 Å². The normalized spacial score (nSPS) is 12.7. The van der Waals surface area contributed by atoms with Gasteiger partial charge in [0.2, 0.25) is 0 Å². The third-order valence-corrected chi connectivity index (χ3v) is 3.49. The zero-order valence-corrected chi connectivity index (χ0v) is 14.4. The van der Waals surface area contributed by atoms with Crippen LogP contribution in [0, 0.1) is 5.92 Å². The molecule has 0 fully saturated rings. The summed E-state index contributed by atoms with van der Waals surface area (Å²) in [4.78, 5) is 4.62. The number of guanidine groups is 1. The number of aliphatic hydroxyl groups excluding tert-OH is 1. The number of benzene rings is 1. The molecule has 1 unspecified atom stereocenters. The molecule has 0 bridgehead atoms. The maximum absolute atomic E-state index is 9.12. The van der Waals surface area contributed by atoms with Gasteiger partial charge in [0.1, 0.15) is 12.4 Å². The van der Waals surface area contributed by atoms with E-state index in [1.54, 1.807) is 0 Å². The summed E-state index contributed by atoms with van der Waals surface area (Å²) in [5.74, 6) is 2.13. The lowest BCUT2D eigenvalue weighted by Crippen LogP contribution is -2.39. The Kier molecular flexibility index (Phi) is 10.7. The van der Waals surface area contributed by atoms with E-state index in [4.69, 9.17) is 9.84 Å². The van der Waals surface area contributed by atoms with Gasteiger partial charge in [-0.1, -0.05) is 31.5 Å². The Morgan fingerprint density at radius 1 is 1.17 bits per heavy atom. The average molecular weight is 321 g/mol. The third kappa shape index (κ3) is 9.08. The maximum Gasteiger partial charge on any atom is 0.191 e. The molecule has 1 rings (SSSR count). The van der Waals surface area contributed by atoms with E-state index >= 15 is 0 Å². The third-order valence-electron chi connectivity index (χ3n) is 3.49.